The molecule has 2 N–H and O–H groups in total. The molecule has 2 heterocycles. The van der Waals surface area contributed by atoms with Crippen molar-refractivity contribution in [2.45, 2.75) is 57.0 Å². The summed E-state index contributed by atoms with van der Waals surface area (Å²) in [5.74, 6) is 0. The van der Waals surface area contributed by atoms with E-state index in [0.29, 0.717) is 13.1 Å². The summed E-state index contributed by atoms with van der Waals surface area (Å²) in [7, 11) is 0. The molecule has 160 valence electrons. The number of hydrogen-bond acceptors (Lipinski definition) is 4. The Morgan fingerprint density at radius 1 is 1.24 bits per heavy atom. The number of hydrazone groups is 1. The summed E-state index contributed by atoms with van der Waals surface area (Å²) >= 11 is 5.12. The third kappa shape index (κ3) is 6.38. The fourth-order valence-electron chi connectivity index (χ4n) is 3.75. The van der Waals surface area contributed by atoms with Crippen LogP contribution >= 0.6 is 12.2 Å². The molecular weight excluding hydrogens is 401 g/mol. The van der Waals surface area contributed by atoms with Gasteiger partial charge in [0.25, 0.3) is 0 Å². The standard InChI is InChI=1S/C20H27F3N4OS/c21-20(22,23)16-8-6-15(7-9-16)13-26-10-2-1-4-17(26)12-25-27(19(24)29)14-18-5-3-11-28-18/h6-9,12,17-18H,1-5,10-11,13-14H2,(H2,24,29). The molecular formula is C20H27F3N4OS. The van der Waals surface area contributed by atoms with Gasteiger partial charge in [-0.3, -0.25) is 4.90 Å². The van der Waals surface area contributed by atoms with E-state index in [2.05, 4.69) is 10.0 Å². The van der Waals surface area contributed by atoms with Gasteiger partial charge in [-0.1, -0.05) is 18.6 Å². The number of rotatable bonds is 6. The van der Waals surface area contributed by atoms with Crippen LogP contribution in [-0.2, 0) is 17.5 Å². The van der Waals surface area contributed by atoms with E-state index in [0.717, 1.165) is 63.0 Å². The number of nitrogens with two attached hydrogens (primary N) is 1. The molecule has 2 fully saturated rings. The molecule has 9 heteroatoms. The van der Waals surface area contributed by atoms with Crippen molar-refractivity contribution in [3.05, 3.63) is 35.4 Å². The Kier molecular flexibility index (Phi) is 7.48. The molecule has 2 aliphatic heterocycles. The zero-order valence-corrected chi connectivity index (χ0v) is 17.1. The van der Waals surface area contributed by atoms with Gasteiger partial charge in [-0.15, -0.1) is 0 Å². The number of nitrogens with zero attached hydrogens (tertiary/aromatic N) is 3. The van der Waals surface area contributed by atoms with Crippen molar-refractivity contribution in [1.29, 1.82) is 0 Å². The van der Waals surface area contributed by atoms with Gasteiger partial charge in [0.15, 0.2) is 5.11 Å². The van der Waals surface area contributed by atoms with Crippen LogP contribution in [0, 0.1) is 0 Å². The first-order chi connectivity index (χ1) is 13.8. The summed E-state index contributed by atoms with van der Waals surface area (Å²) in [4.78, 5) is 2.24. The fourth-order valence-corrected chi connectivity index (χ4v) is 3.87. The minimum atomic E-state index is -4.31. The highest BCUT2D eigenvalue weighted by Gasteiger charge is 2.30. The van der Waals surface area contributed by atoms with E-state index in [1.807, 2.05) is 6.21 Å². The highest BCUT2D eigenvalue weighted by atomic mass is 32.1. The average molecular weight is 429 g/mol. The second-order valence-corrected chi connectivity index (χ2v) is 7.97. The van der Waals surface area contributed by atoms with E-state index in [1.165, 1.54) is 0 Å². The summed E-state index contributed by atoms with van der Waals surface area (Å²) in [6.45, 7) is 2.74. The van der Waals surface area contributed by atoms with Gasteiger partial charge in [0.2, 0.25) is 0 Å². The Morgan fingerprint density at radius 2 is 2.00 bits per heavy atom. The lowest BCUT2D eigenvalue weighted by Gasteiger charge is -2.34. The van der Waals surface area contributed by atoms with E-state index in [1.54, 1.807) is 17.1 Å². The quantitative estimate of drug-likeness (QED) is 0.425. The predicted molar refractivity (Wildman–Crippen MR) is 110 cm³/mol. The first-order valence-electron chi connectivity index (χ1n) is 9.96. The lowest BCUT2D eigenvalue weighted by atomic mass is 10.0. The van der Waals surface area contributed by atoms with Crippen molar-refractivity contribution in [2.75, 3.05) is 19.7 Å². The van der Waals surface area contributed by atoms with Crippen LogP contribution in [0.4, 0.5) is 13.2 Å². The van der Waals surface area contributed by atoms with Crippen molar-refractivity contribution in [3.63, 3.8) is 0 Å². The molecule has 0 radical (unpaired) electrons. The Balaban J connectivity index is 1.63. The molecule has 2 atom stereocenters. The van der Waals surface area contributed by atoms with E-state index in [4.69, 9.17) is 22.7 Å². The maximum absolute atomic E-state index is 12.8. The Labute approximate surface area is 174 Å². The van der Waals surface area contributed by atoms with Crippen LogP contribution in [-0.4, -0.2) is 53.1 Å². The molecule has 0 bridgehead atoms. The van der Waals surface area contributed by atoms with Crippen LogP contribution in [0.1, 0.15) is 43.2 Å². The maximum atomic E-state index is 12.8. The third-order valence-electron chi connectivity index (χ3n) is 5.36. The fraction of sp³-hybridized carbons (Fsp3) is 0.600. The van der Waals surface area contributed by atoms with Crippen molar-refractivity contribution < 1.29 is 17.9 Å². The van der Waals surface area contributed by atoms with Crippen molar-refractivity contribution in [1.82, 2.24) is 9.91 Å². The van der Waals surface area contributed by atoms with Crippen LogP contribution < -0.4 is 5.73 Å². The van der Waals surface area contributed by atoms with Crippen LogP contribution in [0.15, 0.2) is 29.4 Å². The van der Waals surface area contributed by atoms with E-state index < -0.39 is 11.7 Å². The van der Waals surface area contributed by atoms with Gasteiger partial charge in [-0.2, -0.15) is 18.3 Å². The molecule has 0 amide bonds. The first kappa shape index (κ1) is 22.0. The molecule has 0 aliphatic carbocycles. The number of ether oxygens (including phenoxy) is 1. The van der Waals surface area contributed by atoms with Crippen molar-refractivity contribution in [2.24, 2.45) is 10.8 Å². The van der Waals surface area contributed by atoms with Crippen molar-refractivity contribution in [3.8, 4) is 0 Å². The lowest BCUT2D eigenvalue weighted by molar-refractivity contribution is -0.137. The smallest absolute Gasteiger partial charge is 0.376 e. The number of thiocarbonyl (C=S) groups is 1. The first-order valence-corrected chi connectivity index (χ1v) is 10.4. The van der Waals surface area contributed by atoms with Crippen LogP contribution in [0.3, 0.4) is 0 Å². The molecule has 1 aromatic rings. The minimum Gasteiger partial charge on any atom is -0.376 e. The zero-order valence-electron chi connectivity index (χ0n) is 16.3. The molecule has 2 aliphatic rings. The molecule has 1 aromatic carbocycles. The van der Waals surface area contributed by atoms with Gasteiger partial charge in [-0.25, -0.2) is 5.01 Å². The van der Waals surface area contributed by atoms with E-state index >= 15 is 0 Å². The monoisotopic (exact) mass is 428 g/mol. The zero-order chi connectivity index (χ0) is 20.9. The number of piperidine rings is 1. The molecule has 2 saturated heterocycles. The normalized spacial score (nSPS) is 23.6. The molecule has 5 nitrogen and oxygen atoms in total. The summed E-state index contributed by atoms with van der Waals surface area (Å²) in [6, 6.07) is 5.46. The van der Waals surface area contributed by atoms with Crippen LogP contribution in [0.25, 0.3) is 0 Å². The second kappa shape index (κ2) is 9.86. The summed E-state index contributed by atoms with van der Waals surface area (Å²) in [5.41, 5.74) is 6.05. The number of alkyl halides is 3. The van der Waals surface area contributed by atoms with Crippen LogP contribution in [0.5, 0.6) is 0 Å². The highest BCUT2D eigenvalue weighted by Crippen LogP contribution is 2.29. The van der Waals surface area contributed by atoms with Gasteiger partial charge in [0.05, 0.1) is 18.2 Å². The highest BCUT2D eigenvalue weighted by molar-refractivity contribution is 7.80. The van der Waals surface area contributed by atoms with Gasteiger partial charge in [0, 0.05) is 25.4 Å². The van der Waals surface area contributed by atoms with Crippen LogP contribution in [0.2, 0.25) is 0 Å². The molecule has 0 aromatic heterocycles. The number of hydrogen-bond donors (Lipinski definition) is 1. The van der Waals surface area contributed by atoms with Gasteiger partial charge in [0.1, 0.15) is 0 Å². The number of benzene rings is 1. The maximum Gasteiger partial charge on any atom is 0.416 e. The summed E-state index contributed by atoms with van der Waals surface area (Å²) in [6.07, 6.45) is 2.71. The predicted octanol–water partition coefficient (Wildman–Crippen LogP) is 3.77. The topological polar surface area (TPSA) is 54.1 Å². The summed E-state index contributed by atoms with van der Waals surface area (Å²) < 4.78 is 43.9. The molecule has 0 saturated carbocycles. The van der Waals surface area contributed by atoms with E-state index in [-0.39, 0.29) is 17.3 Å². The third-order valence-corrected chi connectivity index (χ3v) is 5.57. The Morgan fingerprint density at radius 3 is 2.62 bits per heavy atom. The molecule has 3 rings (SSSR count). The second-order valence-electron chi connectivity index (χ2n) is 7.55. The van der Waals surface area contributed by atoms with Gasteiger partial charge in [-0.05, 0) is 62.1 Å². The Bertz CT molecular complexity index is 705. The molecule has 29 heavy (non-hydrogen) atoms. The average Bonchev–Trinajstić information content (AvgIpc) is 3.19. The Hall–Kier alpha value is -1.71. The number of likely N-dealkylation sites (tertiary alicyclic amines) is 1. The SMILES string of the molecule is NC(=S)N(CC1CCCO1)N=CC1CCCCN1Cc1ccc(C(F)(F)F)cc1. The molecule has 2 unspecified atom stereocenters. The summed E-state index contributed by atoms with van der Waals surface area (Å²) in [5, 5.41) is 6.34. The minimum absolute atomic E-state index is 0.0863. The largest absolute Gasteiger partial charge is 0.416 e. The lowest BCUT2D eigenvalue weighted by Crippen LogP contribution is -2.42. The van der Waals surface area contributed by atoms with Gasteiger partial charge < -0.3 is 10.5 Å². The molecule has 0 spiro atoms. The van der Waals surface area contributed by atoms with Gasteiger partial charge >= 0.3 is 6.18 Å². The number of halogens is 3. The van der Waals surface area contributed by atoms with E-state index in [9.17, 15) is 13.2 Å². The van der Waals surface area contributed by atoms with Crippen molar-refractivity contribution >= 4 is 23.5 Å².